The zero-order valence-corrected chi connectivity index (χ0v) is 11.7. The zero-order valence-electron chi connectivity index (χ0n) is 20.7. The fourth-order valence-corrected chi connectivity index (χ4v) is 2.06. The number of nitrogens with one attached hydrogen (secondary N) is 2. The van der Waals surface area contributed by atoms with Crippen molar-refractivity contribution in [1.29, 1.82) is 0 Å². The van der Waals surface area contributed by atoms with Gasteiger partial charge in [0.05, 0.1) is 10.2 Å². The number of likely N-dealkylation sites (N-methyl/N-ethyl adjacent to an activating group) is 1. The summed E-state index contributed by atoms with van der Waals surface area (Å²) in [6.45, 7) is -4.89. The highest BCUT2D eigenvalue weighted by Crippen LogP contribution is 2.21. The second-order valence-corrected chi connectivity index (χ2v) is 4.92. The number of ether oxygens (including phenoxy) is 1. The number of aromatic amines is 1. The van der Waals surface area contributed by atoms with E-state index in [2.05, 4.69) is 4.74 Å². The molecule has 1 aliphatic heterocycles. The highest BCUT2D eigenvalue weighted by molar-refractivity contribution is 5.84. The molecule has 1 saturated heterocycles. The molecule has 0 bridgehead atoms. The molecule has 5 nitrogen and oxygen atoms in total. The first kappa shape index (κ1) is 6.83. The van der Waals surface area contributed by atoms with Crippen LogP contribution in [0.3, 0.4) is 0 Å². The van der Waals surface area contributed by atoms with Gasteiger partial charge < -0.3 is 19.9 Å². The Morgan fingerprint density at radius 3 is 3.19 bits per heavy atom. The second-order valence-electron chi connectivity index (χ2n) is 4.92. The number of hydrogen-bond donors (Lipinski definition) is 2. The van der Waals surface area contributed by atoms with Crippen molar-refractivity contribution in [2.45, 2.75) is 18.8 Å². The smallest absolute Gasteiger partial charge is 0.407 e. The van der Waals surface area contributed by atoms with Crippen molar-refractivity contribution in [3.63, 3.8) is 0 Å². The van der Waals surface area contributed by atoms with E-state index in [1.54, 1.807) is 0 Å². The molecule has 0 unspecified atom stereocenters. The van der Waals surface area contributed by atoms with Crippen LogP contribution in [0, 0.1) is 0 Å². The van der Waals surface area contributed by atoms with Crippen LogP contribution in [-0.2, 0) is 17.5 Å². The first-order chi connectivity index (χ1) is 13.6. The normalized spacial score (nSPS) is 28.7. The molecular weight excluding hydrogens is 266 g/mol. The summed E-state index contributed by atoms with van der Waals surface area (Å²) in [7, 11) is 2.74. The van der Waals surface area contributed by atoms with Crippen LogP contribution < -0.4 is 5.31 Å². The molecule has 1 amide bonds. The van der Waals surface area contributed by atoms with Crippen molar-refractivity contribution < 1.29 is 22.0 Å². The lowest BCUT2D eigenvalue weighted by Crippen LogP contribution is -2.28. The van der Waals surface area contributed by atoms with E-state index in [0.717, 1.165) is 4.90 Å². The largest absolute Gasteiger partial charge is 0.447 e. The molecule has 2 aromatic rings. The minimum Gasteiger partial charge on any atom is -0.447 e. The summed E-state index contributed by atoms with van der Waals surface area (Å²) in [5.74, 6) is 0. The molecule has 2 heterocycles. The number of rotatable bonds is 5. The Kier molecular flexibility index (Phi) is 1.88. The third kappa shape index (κ3) is 3.19. The number of amides is 1. The Morgan fingerprint density at radius 2 is 2.48 bits per heavy atom. The predicted molar refractivity (Wildman–Crippen MR) is 82.5 cm³/mol. The first-order valence-electron chi connectivity index (χ1n) is 10.8. The lowest BCUT2D eigenvalue weighted by atomic mass is 10.0. The van der Waals surface area contributed by atoms with Gasteiger partial charge in [0.15, 0.2) is 2.82 Å². The van der Waals surface area contributed by atoms with E-state index in [-0.39, 0.29) is 22.9 Å². The van der Waals surface area contributed by atoms with Gasteiger partial charge in [0.2, 0.25) is 0 Å². The molecule has 112 valence electrons. The van der Waals surface area contributed by atoms with Gasteiger partial charge in [0.1, 0.15) is 6.56 Å². The molecule has 1 aromatic carbocycles. The van der Waals surface area contributed by atoms with Crippen LogP contribution in [0.4, 0.5) is 4.79 Å². The van der Waals surface area contributed by atoms with Crippen molar-refractivity contribution in [1.82, 2.24) is 15.2 Å². The van der Waals surface area contributed by atoms with Gasteiger partial charge in [0, 0.05) is 29.1 Å². The molecule has 1 fully saturated rings. The first-order valence-corrected chi connectivity index (χ1v) is 6.45. The minimum atomic E-state index is -2.65. The summed E-state index contributed by atoms with van der Waals surface area (Å²) in [6, 6.07) is 3.16. The van der Waals surface area contributed by atoms with E-state index in [0.29, 0.717) is 15.9 Å². The van der Waals surface area contributed by atoms with Gasteiger partial charge in [-0.15, -0.1) is 0 Å². The molecule has 21 heavy (non-hydrogen) atoms. The van der Waals surface area contributed by atoms with Crippen LogP contribution in [0.2, 0.25) is 2.82 Å². The van der Waals surface area contributed by atoms with E-state index in [4.69, 9.17) is 12.4 Å². The Bertz CT molecular complexity index is 1010. The standard InChI is InChI=1S/C16H21N3O2/c1-19(2)6-5-12-9-17-15-4-3-11(8-14(12)15)7-13-10-21-16(20)18-13/h3-4,8-9,13,17H,5-7,10H2,1-2H3,(H,18,20)/t13-/m0/s1/i5D2,6D2,9D,10D2/hD2. The molecule has 1 aromatic heterocycles. The predicted octanol–water partition coefficient (Wildman–Crippen LogP) is 1.92. The molecule has 1 aliphatic rings. The van der Waals surface area contributed by atoms with Crippen molar-refractivity contribution in [3.05, 3.63) is 35.5 Å². The van der Waals surface area contributed by atoms with Gasteiger partial charge in [0.25, 0.3) is 0 Å². The monoisotopic (exact) mass is 296 g/mol. The van der Waals surface area contributed by atoms with Crippen LogP contribution in [0.25, 0.3) is 10.9 Å². The number of carbonyl (C=O) groups excluding carboxylic acids is 1. The number of hydrogen-bond acceptors (Lipinski definition) is 3. The molecule has 2 N–H and O–H groups in total. The molecule has 1 atom stereocenters. The van der Waals surface area contributed by atoms with E-state index < -0.39 is 37.7 Å². The van der Waals surface area contributed by atoms with Gasteiger partial charge in [-0.05, 0) is 50.1 Å². The summed E-state index contributed by atoms with van der Waals surface area (Å²) in [5, 5.41) is 0.534. The number of carbonyl (C=O) groups is 1. The number of alkyl carbamates (subject to hydrolysis) is 1. The van der Waals surface area contributed by atoms with Gasteiger partial charge >= 0.3 is 6.09 Å². The Hall–Kier alpha value is -2.01. The maximum Gasteiger partial charge on any atom is 0.407 e. The van der Waals surface area contributed by atoms with Crippen LogP contribution in [0.15, 0.2) is 24.4 Å². The van der Waals surface area contributed by atoms with Gasteiger partial charge in [-0.2, -0.15) is 0 Å². The van der Waals surface area contributed by atoms with E-state index in [1.807, 2.05) is 0 Å². The third-order valence-corrected chi connectivity index (χ3v) is 3.00. The number of nitrogens with zero attached hydrogens (tertiary/aromatic N) is 1. The SMILES string of the molecule is [2H]c1c(C([2H])([2H])C([2H])([2H])N(C)C)c2cc(C[C@@H]3N([2H])C(=O)OC3([2H])[2H])ccc2n1[2H]. The van der Waals surface area contributed by atoms with Crippen molar-refractivity contribution >= 4 is 17.0 Å². The number of benzene rings is 1. The van der Waals surface area contributed by atoms with Crippen molar-refractivity contribution in [3.8, 4) is 0 Å². The van der Waals surface area contributed by atoms with E-state index in [1.165, 1.54) is 32.3 Å². The lowest BCUT2D eigenvalue weighted by Gasteiger charge is -2.09. The fraction of sp³-hybridized carbons (Fsp3) is 0.438. The fourth-order valence-electron chi connectivity index (χ4n) is 2.06. The highest BCUT2D eigenvalue weighted by Gasteiger charge is 2.22. The molecule has 0 spiro atoms. The Labute approximate surface area is 137 Å². The topological polar surface area (TPSA) is 57.4 Å². The third-order valence-electron chi connectivity index (χ3n) is 3.00. The number of aryl methyl sites for hydroxylation is 1. The molecular formula is C16H21N3O2. The summed E-state index contributed by atoms with van der Waals surface area (Å²) >= 11 is 0. The number of cyclic esters (lactones) is 1. The van der Waals surface area contributed by atoms with Gasteiger partial charge in [-0.25, -0.2) is 4.79 Å². The van der Waals surface area contributed by atoms with Crippen LogP contribution in [-0.4, -0.2) is 49.2 Å². The lowest BCUT2D eigenvalue weighted by molar-refractivity contribution is 0.177. The maximum atomic E-state index is 11.5. The van der Waals surface area contributed by atoms with Gasteiger partial charge in [-0.1, -0.05) is 6.07 Å². The Morgan fingerprint density at radius 1 is 1.62 bits per heavy atom. The molecule has 0 aliphatic carbocycles. The summed E-state index contributed by atoms with van der Waals surface area (Å²) < 4.78 is 77.3. The Balaban J connectivity index is 2.13. The van der Waals surface area contributed by atoms with Crippen LogP contribution in [0.1, 0.15) is 20.7 Å². The van der Waals surface area contributed by atoms with Crippen LogP contribution in [0.5, 0.6) is 0 Å². The van der Waals surface area contributed by atoms with Gasteiger partial charge in [-0.3, -0.25) is 0 Å². The quantitative estimate of drug-likeness (QED) is 0.886. The molecule has 0 saturated carbocycles. The second kappa shape index (κ2) is 5.77. The van der Waals surface area contributed by atoms with Crippen molar-refractivity contribution in [2.75, 3.05) is 27.2 Å². The summed E-state index contributed by atoms with van der Waals surface area (Å²) in [4.78, 5) is 13.3. The number of H-pyrrole nitrogens is 1. The van der Waals surface area contributed by atoms with Crippen molar-refractivity contribution in [2.24, 2.45) is 0 Å². The highest BCUT2D eigenvalue weighted by atomic mass is 16.6. The molecule has 5 heteroatoms. The average Bonchev–Trinajstić information content (AvgIpc) is 2.99. The molecule has 0 radical (unpaired) electrons. The van der Waals surface area contributed by atoms with E-state index in [9.17, 15) is 4.79 Å². The maximum absolute atomic E-state index is 11.5. The van der Waals surface area contributed by atoms with E-state index >= 15 is 0 Å². The molecule has 3 rings (SSSR count). The minimum absolute atomic E-state index is 0.127. The summed E-state index contributed by atoms with van der Waals surface area (Å²) in [5.41, 5.74) is 0.291. The number of aromatic nitrogens is 1. The zero-order chi connectivity index (χ0) is 22.8. The number of fused-ring (bicyclic) bond motifs is 1. The summed E-state index contributed by atoms with van der Waals surface area (Å²) in [6.07, 6.45) is -4.40. The average molecular weight is 296 g/mol. The van der Waals surface area contributed by atoms with Crippen LogP contribution >= 0.6 is 0 Å².